The van der Waals surface area contributed by atoms with Crippen molar-refractivity contribution >= 4 is 17.1 Å². The Kier molecular flexibility index (Phi) is 9.63. The summed E-state index contributed by atoms with van der Waals surface area (Å²) in [4.78, 5) is 2.62. The summed E-state index contributed by atoms with van der Waals surface area (Å²) >= 11 is 0. The van der Waals surface area contributed by atoms with Crippen LogP contribution in [0.1, 0.15) is 149 Å². The maximum Gasteiger partial charge on any atom is 0.0540 e. The van der Waals surface area contributed by atoms with Gasteiger partial charge in [0, 0.05) is 22.4 Å². The highest BCUT2D eigenvalue weighted by Gasteiger charge is 2.41. The van der Waals surface area contributed by atoms with Crippen LogP contribution < -0.4 is 4.90 Å². The summed E-state index contributed by atoms with van der Waals surface area (Å²) in [7, 11) is 0. The summed E-state index contributed by atoms with van der Waals surface area (Å²) in [6, 6.07) is 52.7. The van der Waals surface area contributed by atoms with Gasteiger partial charge in [-0.25, -0.2) is 0 Å². The Morgan fingerprint density at radius 1 is 0.475 bits per heavy atom. The molecule has 2 bridgehead atoms. The fraction of sp³-hybridized carbons (Fsp3) is 0.379. The molecule has 11 rings (SSSR count). The van der Waals surface area contributed by atoms with Crippen molar-refractivity contribution in [3.63, 3.8) is 0 Å². The van der Waals surface area contributed by atoms with E-state index in [1.807, 2.05) is 0 Å². The number of nitrogens with zero attached hydrogens (tertiary/aromatic N) is 1. The molecule has 0 amide bonds. The van der Waals surface area contributed by atoms with Crippen LogP contribution in [0.4, 0.5) is 17.1 Å². The predicted octanol–water partition coefficient (Wildman–Crippen LogP) is 16.8. The van der Waals surface area contributed by atoms with Crippen LogP contribution in [0.25, 0.3) is 33.4 Å². The van der Waals surface area contributed by atoms with Gasteiger partial charge in [0.2, 0.25) is 0 Å². The molecule has 0 aromatic heterocycles. The Morgan fingerprint density at radius 3 is 1.83 bits per heavy atom. The summed E-state index contributed by atoms with van der Waals surface area (Å²) in [5, 5.41) is 0. The average Bonchev–Trinajstić information content (AvgIpc) is 4.00. The minimum atomic E-state index is -0.136. The van der Waals surface area contributed by atoms with Gasteiger partial charge in [-0.05, 0) is 161 Å². The third-order valence-electron chi connectivity index (χ3n) is 16.0. The van der Waals surface area contributed by atoms with Crippen LogP contribution in [0.5, 0.6) is 0 Å². The van der Waals surface area contributed by atoms with Gasteiger partial charge >= 0.3 is 0 Å². The standard InChI is InChI=1S/C58H61N/c1-58(2)54-23-13-11-22-51(54)57-53(44-29-27-41(28-30-44)40-15-5-3-6-16-40)37-47(38-55(57)58)59(46-33-31-43(32-34-46)52-36-39-25-26-45(52)35-39)56-24-14-12-21-50(56)49-20-10-9-19-48(49)42-17-7-4-8-18-42/h9-14,19-24,27-34,37-40,42,45,52H,3-8,15-18,25-26,35-36H2,1-2H3. The number of fused-ring (bicyclic) bond motifs is 5. The topological polar surface area (TPSA) is 3.24 Å². The Balaban J connectivity index is 1.10. The molecule has 6 aromatic rings. The summed E-state index contributed by atoms with van der Waals surface area (Å²) in [5.74, 6) is 3.83. The molecule has 0 aliphatic heterocycles. The van der Waals surface area contributed by atoms with Gasteiger partial charge in [0.05, 0.1) is 5.69 Å². The van der Waals surface area contributed by atoms with Crippen LogP contribution in [0, 0.1) is 11.8 Å². The quantitative estimate of drug-likeness (QED) is 0.149. The zero-order valence-corrected chi connectivity index (χ0v) is 35.4. The Bertz CT molecular complexity index is 2460. The summed E-state index contributed by atoms with van der Waals surface area (Å²) in [6.07, 6.45) is 19.0. The minimum Gasteiger partial charge on any atom is -0.310 e. The van der Waals surface area contributed by atoms with Crippen molar-refractivity contribution in [2.24, 2.45) is 11.8 Å². The first-order valence-corrected chi connectivity index (χ1v) is 23.5. The summed E-state index contributed by atoms with van der Waals surface area (Å²) in [6.45, 7) is 4.89. The molecular weight excluding hydrogens is 711 g/mol. The second kappa shape index (κ2) is 15.3. The van der Waals surface area contributed by atoms with Crippen LogP contribution in [0.3, 0.4) is 0 Å². The first-order valence-electron chi connectivity index (χ1n) is 23.5. The number of hydrogen-bond acceptors (Lipinski definition) is 1. The van der Waals surface area contributed by atoms with E-state index in [-0.39, 0.29) is 5.41 Å². The van der Waals surface area contributed by atoms with Gasteiger partial charge in [0.25, 0.3) is 0 Å². The fourth-order valence-corrected chi connectivity index (χ4v) is 12.9. The van der Waals surface area contributed by atoms with Gasteiger partial charge in [-0.1, -0.05) is 162 Å². The highest BCUT2D eigenvalue weighted by molar-refractivity contribution is 5.97. The van der Waals surface area contributed by atoms with E-state index in [4.69, 9.17) is 0 Å². The molecule has 0 heterocycles. The van der Waals surface area contributed by atoms with Crippen LogP contribution in [0.15, 0.2) is 133 Å². The number of hydrogen-bond donors (Lipinski definition) is 0. The third-order valence-corrected chi connectivity index (χ3v) is 16.0. The van der Waals surface area contributed by atoms with E-state index in [0.717, 1.165) is 11.8 Å². The lowest BCUT2D eigenvalue weighted by Crippen LogP contribution is -2.17. The molecule has 5 aliphatic rings. The molecule has 1 heteroatoms. The molecule has 59 heavy (non-hydrogen) atoms. The van der Waals surface area contributed by atoms with Crippen molar-refractivity contribution in [3.05, 3.63) is 161 Å². The lowest BCUT2D eigenvalue weighted by atomic mass is 9.80. The molecule has 0 N–H and O–H groups in total. The SMILES string of the molecule is CC1(C)c2ccccc2-c2c(-c3ccc(C4CCCCC4)cc3)cc(N(c3ccc(C4CC5CCC4C5)cc3)c3ccccc3-c3ccccc3C3CCCCC3)cc21. The van der Waals surface area contributed by atoms with Crippen LogP contribution in [-0.2, 0) is 5.41 Å². The van der Waals surface area contributed by atoms with Crippen molar-refractivity contribution in [1.29, 1.82) is 0 Å². The monoisotopic (exact) mass is 771 g/mol. The molecule has 5 aliphatic carbocycles. The van der Waals surface area contributed by atoms with Crippen molar-refractivity contribution in [1.82, 2.24) is 0 Å². The van der Waals surface area contributed by atoms with Crippen molar-refractivity contribution < 1.29 is 0 Å². The zero-order valence-electron chi connectivity index (χ0n) is 35.4. The number of rotatable bonds is 8. The van der Waals surface area contributed by atoms with Crippen LogP contribution in [-0.4, -0.2) is 0 Å². The predicted molar refractivity (Wildman–Crippen MR) is 249 cm³/mol. The maximum absolute atomic E-state index is 2.62. The maximum atomic E-state index is 2.62. The van der Waals surface area contributed by atoms with E-state index in [1.165, 1.54) is 163 Å². The van der Waals surface area contributed by atoms with E-state index >= 15 is 0 Å². The Morgan fingerprint density at radius 2 is 1.12 bits per heavy atom. The number of para-hydroxylation sites is 1. The highest BCUT2D eigenvalue weighted by atomic mass is 15.1. The number of anilines is 3. The van der Waals surface area contributed by atoms with E-state index in [0.29, 0.717) is 17.8 Å². The smallest absolute Gasteiger partial charge is 0.0540 e. The molecule has 3 unspecified atom stereocenters. The van der Waals surface area contributed by atoms with Crippen LogP contribution >= 0.6 is 0 Å². The van der Waals surface area contributed by atoms with Crippen molar-refractivity contribution in [3.8, 4) is 33.4 Å². The van der Waals surface area contributed by atoms with E-state index in [1.54, 1.807) is 5.56 Å². The summed E-state index contributed by atoms with van der Waals surface area (Å²) < 4.78 is 0. The molecule has 4 fully saturated rings. The lowest BCUT2D eigenvalue weighted by molar-refractivity contribution is 0.420. The third kappa shape index (κ3) is 6.59. The molecule has 4 saturated carbocycles. The second-order valence-corrected chi connectivity index (χ2v) is 19.7. The van der Waals surface area contributed by atoms with Gasteiger partial charge in [0.1, 0.15) is 0 Å². The van der Waals surface area contributed by atoms with Gasteiger partial charge in [0.15, 0.2) is 0 Å². The van der Waals surface area contributed by atoms with E-state index < -0.39 is 0 Å². The molecule has 0 saturated heterocycles. The van der Waals surface area contributed by atoms with Gasteiger partial charge < -0.3 is 4.90 Å². The Labute approximate surface area is 353 Å². The highest BCUT2D eigenvalue weighted by Crippen LogP contribution is 2.56. The minimum absolute atomic E-state index is 0.136. The normalized spacial score (nSPS) is 22.3. The molecule has 3 atom stereocenters. The summed E-state index contributed by atoms with van der Waals surface area (Å²) in [5.41, 5.74) is 19.2. The number of benzene rings is 6. The molecule has 0 radical (unpaired) electrons. The first-order chi connectivity index (χ1) is 29.0. The molecule has 6 aromatic carbocycles. The van der Waals surface area contributed by atoms with Gasteiger partial charge in [-0.15, -0.1) is 0 Å². The van der Waals surface area contributed by atoms with Gasteiger partial charge in [-0.3, -0.25) is 0 Å². The van der Waals surface area contributed by atoms with Crippen LogP contribution in [0.2, 0.25) is 0 Å². The fourth-order valence-electron chi connectivity index (χ4n) is 12.9. The van der Waals surface area contributed by atoms with Crippen molar-refractivity contribution in [2.45, 2.75) is 127 Å². The molecular formula is C58H61N. The molecule has 298 valence electrons. The van der Waals surface area contributed by atoms with Gasteiger partial charge in [-0.2, -0.15) is 0 Å². The second-order valence-electron chi connectivity index (χ2n) is 19.7. The first kappa shape index (κ1) is 37.1. The molecule has 0 spiro atoms. The lowest BCUT2D eigenvalue weighted by Gasteiger charge is -2.32. The largest absolute Gasteiger partial charge is 0.310 e. The van der Waals surface area contributed by atoms with E-state index in [2.05, 4.69) is 152 Å². The zero-order chi connectivity index (χ0) is 39.5. The Hall–Kier alpha value is -4.88. The van der Waals surface area contributed by atoms with Crippen molar-refractivity contribution in [2.75, 3.05) is 4.90 Å². The average molecular weight is 772 g/mol. The van der Waals surface area contributed by atoms with E-state index in [9.17, 15) is 0 Å². The molecule has 1 nitrogen and oxygen atoms in total.